The van der Waals surface area contributed by atoms with Crippen LogP contribution in [0.1, 0.15) is 26.3 Å². The summed E-state index contributed by atoms with van der Waals surface area (Å²) in [5, 5.41) is 4.47. The molecular weight excluding hydrogens is 307 g/mol. The Balaban J connectivity index is 2.11. The molecule has 1 heterocycles. The molecule has 0 spiro atoms. The number of pyridine rings is 1. The highest BCUT2D eigenvalue weighted by Crippen LogP contribution is 2.33. The molecule has 0 fully saturated rings. The van der Waals surface area contributed by atoms with Crippen molar-refractivity contribution >= 4 is 23.4 Å². The molecule has 0 unspecified atom stereocenters. The number of halogens is 2. The van der Waals surface area contributed by atoms with Gasteiger partial charge in [-0.05, 0) is 50.6 Å². The first-order valence-electron chi connectivity index (χ1n) is 6.67. The van der Waals surface area contributed by atoms with Gasteiger partial charge in [0, 0.05) is 23.2 Å². The molecular formula is C16H18ClFN2S. The lowest BCUT2D eigenvalue weighted by Crippen LogP contribution is -2.35. The largest absolute Gasteiger partial charge is 0.308 e. The maximum absolute atomic E-state index is 14.2. The van der Waals surface area contributed by atoms with Gasteiger partial charge in [-0.1, -0.05) is 29.4 Å². The maximum atomic E-state index is 14.2. The van der Waals surface area contributed by atoms with Gasteiger partial charge in [0.2, 0.25) is 0 Å². The van der Waals surface area contributed by atoms with Gasteiger partial charge in [0.1, 0.15) is 10.8 Å². The van der Waals surface area contributed by atoms with Gasteiger partial charge in [0.25, 0.3) is 0 Å². The molecule has 0 bridgehead atoms. The molecule has 2 nitrogen and oxygen atoms in total. The molecule has 0 saturated heterocycles. The molecule has 1 aromatic carbocycles. The van der Waals surface area contributed by atoms with Gasteiger partial charge in [0.05, 0.1) is 5.02 Å². The fraction of sp³-hybridized carbons (Fsp3) is 0.312. The fourth-order valence-electron chi connectivity index (χ4n) is 1.65. The number of nitrogens with zero attached hydrogens (tertiary/aromatic N) is 1. The Morgan fingerprint density at radius 3 is 2.67 bits per heavy atom. The van der Waals surface area contributed by atoms with Crippen LogP contribution in [0.3, 0.4) is 0 Å². The van der Waals surface area contributed by atoms with Crippen LogP contribution in [-0.2, 0) is 6.54 Å². The normalized spacial score (nSPS) is 11.7. The fourth-order valence-corrected chi connectivity index (χ4v) is 2.67. The molecule has 0 aliphatic carbocycles. The highest BCUT2D eigenvalue weighted by Gasteiger charge is 2.11. The molecule has 0 atom stereocenters. The Hall–Kier alpha value is -1.10. The Morgan fingerprint density at radius 1 is 1.29 bits per heavy atom. The average Bonchev–Trinajstić information content (AvgIpc) is 2.41. The highest BCUT2D eigenvalue weighted by molar-refractivity contribution is 7.99. The molecule has 0 radical (unpaired) electrons. The minimum atomic E-state index is -0.255. The predicted molar refractivity (Wildman–Crippen MR) is 86.4 cm³/mol. The number of rotatable bonds is 4. The number of hydrogen-bond donors (Lipinski definition) is 1. The van der Waals surface area contributed by atoms with E-state index in [2.05, 4.69) is 31.1 Å². The van der Waals surface area contributed by atoms with Crippen molar-refractivity contribution in [3.63, 3.8) is 0 Å². The van der Waals surface area contributed by atoms with E-state index in [1.54, 1.807) is 30.5 Å². The van der Waals surface area contributed by atoms with Gasteiger partial charge in [-0.2, -0.15) is 0 Å². The van der Waals surface area contributed by atoms with Crippen molar-refractivity contribution in [1.29, 1.82) is 0 Å². The standard InChI is InChI=1S/C16H18ClFN2S/c1-16(2,3)20-10-11-6-7-14(13(18)9-11)21-15-12(17)5-4-8-19-15/h4-9,20H,10H2,1-3H3. The van der Waals surface area contributed by atoms with Gasteiger partial charge in [0.15, 0.2) is 0 Å². The van der Waals surface area contributed by atoms with Crippen molar-refractivity contribution in [2.45, 2.75) is 42.8 Å². The van der Waals surface area contributed by atoms with Crippen LogP contribution in [0.25, 0.3) is 0 Å². The van der Waals surface area contributed by atoms with Crippen LogP contribution in [0.15, 0.2) is 46.5 Å². The molecule has 0 aliphatic rings. The number of hydrogen-bond acceptors (Lipinski definition) is 3. The highest BCUT2D eigenvalue weighted by atomic mass is 35.5. The summed E-state index contributed by atoms with van der Waals surface area (Å²) in [5.74, 6) is -0.255. The lowest BCUT2D eigenvalue weighted by molar-refractivity contribution is 0.423. The van der Waals surface area contributed by atoms with Crippen LogP contribution in [0, 0.1) is 5.82 Å². The Morgan fingerprint density at radius 2 is 2.05 bits per heavy atom. The van der Waals surface area contributed by atoms with Gasteiger partial charge in [-0.15, -0.1) is 0 Å². The first-order valence-corrected chi connectivity index (χ1v) is 7.86. The van der Waals surface area contributed by atoms with Gasteiger partial charge in [-0.25, -0.2) is 9.37 Å². The molecule has 1 N–H and O–H groups in total. The van der Waals surface area contributed by atoms with Gasteiger partial charge < -0.3 is 5.32 Å². The molecule has 2 aromatic rings. The van der Waals surface area contributed by atoms with Crippen LogP contribution in [0.4, 0.5) is 4.39 Å². The number of benzene rings is 1. The van der Waals surface area contributed by atoms with Crippen LogP contribution in [0.5, 0.6) is 0 Å². The summed E-state index contributed by atoms with van der Waals surface area (Å²) in [6.07, 6.45) is 1.65. The minimum absolute atomic E-state index is 0.00534. The molecule has 1 aromatic heterocycles. The average molecular weight is 325 g/mol. The smallest absolute Gasteiger partial charge is 0.137 e. The molecule has 0 aliphatic heterocycles. The summed E-state index contributed by atoms with van der Waals surface area (Å²) in [5.41, 5.74) is 0.921. The number of aromatic nitrogens is 1. The summed E-state index contributed by atoms with van der Waals surface area (Å²) >= 11 is 7.28. The Kier molecular flexibility index (Phi) is 5.25. The van der Waals surface area contributed by atoms with Crippen molar-refractivity contribution < 1.29 is 4.39 Å². The Bertz CT molecular complexity index is 626. The summed E-state index contributed by atoms with van der Waals surface area (Å²) < 4.78 is 14.2. The molecule has 5 heteroatoms. The third-order valence-corrected chi connectivity index (χ3v) is 4.24. The van der Waals surface area contributed by atoms with Crippen LogP contribution >= 0.6 is 23.4 Å². The second-order valence-electron chi connectivity index (χ2n) is 5.76. The summed E-state index contributed by atoms with van der Waals surface area (Å²) in [6.45, 7) is 6.87. The molecule has 2 rings (SSSR count). The van der Waals surface area contributed by atoms with Crippen molar-refractivity contribution in [3.8, 4) is 0 Å². The predicted octanol–water partition coefficient (Wildman–Crippen LogP) is 4.91. The van der Waals surface area contributed by atoms with Crippen molar-refractivity contribution in [2.24, 2.45) is 0 Å². The minimum Gasteiger partial charge on any atom is -0.308 e. The summed E-state index contributed by atoms with van der Waals surface area (Å²) in [7, 11) is 0. The zero-order valence-corrected chi connectivity index (χ0v) is 13.9. The lowest BCUT2D eigenvalue weighted by Gasteiger charge is -2.20. The van der Waals surface area contributed by atoms with E-state index in [0.717, 1.165) is 5.56 Å². The first-order chi connectivity index (χ1) is 9.85. The molecule has 21 heavy (non-hydrogen) atoms. The number of nitrogens with one attached hydrogen (secondary N) is 1. The lowest BCUT2D eigenvalue weighted by atomic mass is 10.1. The second-order valence-corrected chi connectivity index (χ2v) is 7.20. The van der Waals surface area contributed by atoms with E-state index in [1.807, 2.05) is 6.07 Å². The third kappa shape index (κ3) is 4.99. The van der Waals surface area contributed by atoms with E-state index in [-0.39, 0.29) is 11.4 Å². The quantitative estimate of drug-likeness (QED) is 0.864. The van der Waals surface area contributed by atoms with Crippen molar-refractivity contribution in [2.75, 3.05) is 0 Å². The second kappa shape index (κ2) is 6.77. The van der Waals surface area contributed by atoms with Crippen molar-refractivity contribution in [1.82, 2.24) is 10.3 Å². The Labute approximate surface area is 134 Å². The third-order valence-electron chi connectivity index (χ3n) is 2.75. The van der Waals surface area contributed by atoms with Crippen LogP contribution in [-0.4, -0.2) is 10.5 Å². The summed E-state index contributed by atoms with van der Waals surface area (Å²) in [4.78, 5) is 4.68. The monoisotopic (exact) mass is 324 g/mol. The van der Waals surface area contributed by atoms with E-state index in [4.69, 9.17) is 11.6 Å². The summed E-state index contributed by atoms with van der Waals surface area (Å²) in [6, 6.07) is 8.74. The molecule has 0 amide bonds. The zero-order valence-electron chi connectivity index (χ0n) is 12.3. The van der Waals surface area contributed by atoms with Gasteiger partial charge >= 0.3 is 0 Å². The van der Waals surface area contributed by atoms with Gasteiger partial charge in [-0.3, -0.25) is 0 Å². The first kappa shape index (κ1) is 16.3. The zero-order chi connectivity index (χ0) is 15.5. The van der Waals surface area contributed by atoms with Crippen LogP contribution < -0.4 is 5.32 Å². The van der Waals surface area contributed by atoms with E-state index >= 15 is 0 Å². The van der Waals surface area contributed by atoms with E-state index in [1.165, 1.54) is 11.8 Å². The van der Waals surface area contributed by atoms with Crippen molar-refractivity contribution in [3.05, 3.63) is 52.9 Å². The molecule has 112 valence electrons. The maximum Gasteiger partial charge on any atom is 0.137 e. The van der Waals surface area contributed by atoms with Crippen LogP contribution in [0.2, 0.25) is 5.02 Å². The van der Waals surface area contributed by atoms with E-state index < -0.39 is 0 Å². The molecule has 0 saturated carbocycles. The van der Waals surface area contributed by atoms with E-state index in [0.29, 0.717) is 21.5 Å². The topological polar surface area (TPSA) is 24.9 Å². The van der Waals surface area contributed by atoms with E-state index in [9.17, 15) is 4.39 Å². The SMILES string of the molecule is CC(C)(C)NCc1ccc(Sc2ncccc2Cl)c(F)c1.